The predicted octanol–water partition coefficient (Wildman–Crippen LogP) is -2.35. The monoisotopic (exact) mass is 670 g/mol. The standard InChI is InChI=1S/3C9H16O4.2Fe/c3*10-8(11)6-4-2-1-3-5-7-9(12)13;;/h3*1-7H2,(H,10,11)(H,12,13);;/q;;;2*+3/p-6. The zero-order valence-electron chi connectivity index (χ0n) is 23.5. The van der Waals surface area contributed by atoms with Gasteiger partial charge in [-0.3, -0.25) is 0 Å². The Hall–Kier alpha value is -2.14. The minimum Gasteiger partial charge on any atom is -0.550 e. The molecule has 0 aliphatic carbocycles. The van der Waals surface area contributed by atoms with E-state index in [2.05, 4.69) is 0 Å². The van der Waals surface area contributed by atoms with Crippen LogP contribution in [0.5, 0.6) is 0 Å². The van der Waals surface area contributed by atoms with Gasteiger partial charge in [0.1, 0.15) is 0 Å². The molecule has 0 aromatic heterocycles. The van der Waals surface area contributed by atoms with Gasteiger partial charge in [0.05, 0.1) is 0 Å². The summed E-state index contributed by atoms with van der Waals surface area (Å²) in [7, 11) is 0. The van der Waals surface area contributed by atoms with Crippen LogP contribution in [-0.4, -0.2) is 35.8 Å². The van der Waals surface area contributed by atoms with Crippen molar-refractivity contribution >= 4 is 35.8 Å². The molecule has 0 atom stereocenters. The smallest absolute Gasteiger partial charge is 0.550 e. The molecule has 0 aliphatic rings. The fraction of sp³-hybridized carbons (Fsp3) is 0.778. The molecule has 14 heteroatoms. The molecule has 0 spiro atoms. The van der Waals surface area contributed by atoms with Gasteiger partial charge in [-0.05, 0) is 77.0 Å². The Morgan fingerprint density at radius 1 is 0.244 bits per heavy atom. The van der Waals surface area contributed by atoms with E-state index in [0.717, 1.165) is 57.8 Å². The first-order valence-electron chi connectivity index (χ1n) is 13.6. The van der Waals surface area contributed by atoms with Gasteiger partial charge < -0.3 is 59.4 Å². The van der Waals surface area contributed by atoms with Crippen LogP contribution in [0, 0.1) is 0 Å². The number of carbonyl (C=O) groups is 6. The molecule has 0 bridgehead atoms. The fourth-order valence-corrected chi connectivity index (χ4v) is 3.21. The molecule has 0 heterocycles. The first kappa shape index (κ1) is 48.6. The molecule has 0 aromatic rings. The van der Waals surface area contributed by atoms with E-state index in [1.807, 2.05) is 0 Å². The van der Waals surface area contributed by atoms with Crippen LogP contribution in [0.15, 0.2) is 0 Å². The van der Waals surface area contributed by atoms with E-state index in [9.17, 15) is 59.4 Å². The summed E-state index contributed by atoms with van der Waals surface area (Å²) >= 11 is 0. The Labute approximate surface area is 263 Å². The first-order valence-corrected chi connectivity index (χ1v) is 13.6. The van der Waals surface area contributed by atoms with Gasteiger partial charge in [-0.25, -0.2) is 0 Å². The molecule has 0 aromatic carbocycles. The van der Waals surface area contributed by atoms with Crippen molar-refractivity contribution in [2.45, 2.75) is 135 Å². The Morgan fingerprint density at radius 2 is 0.341 bits per heavy atom. The van der Waals surface area contributed by atoms with Gasteiger partial charge in [0, 0.05) is 35.8 Å². The first-order chi connectivity index (χ1) is 18.4. The number of carboxylic acid groups (broad SMARTS) is 6. The third-order valence-corrected chi connectivity index (χ3v) is 5.29. The van der Waals surface area contributed by atoms with E-state index in [1.54, 1.807) is 0 Å². The minimum absolute atomic E-state index is 0. The summed E-state index contributed by atoms with van der Waals surface area (Å²) in [6.07, 6.45) is 11.8. The van der Waals surface area contributed by atoms with Gasteiger partial charge in [-0.15, -0.1) is 0 Å². The summed E-state index contributed by atoms with van der Waals surface area (Å²) in [5.74, 6) is -6.11. The van der Waals surface area contributed by atoms with Crippen LogP contribution in [0.1, 0.15) is 135 Å². The van der Waals surface area contributed by atoms with Gasteiger partial charge >= 0.3 is 34.1 Å². The largest absolute Gasteiger partial charge is 3.00 e. The maximum Gasteiger partial charge on any atom is 3.00 e. The van der Waals surface area contributed by atoms with Crippen molar-refractivity contribution in [3.8, 4) is 0 Å². The zero-order chi connectivity index (χ0) is 30.3. The molecule has 0 aliphatic heterocycles. The average Bonchev–Trinajstić information content (AvgIpc) is 2.82. The van der Waals surface area contributed by atoms with Gasteiger partial charge in [0.25, 0.3) is 0 Å². The fourth-order valence-electron chi connectivity index (χ4n) is 3.21. The minimum atomic E-state index is -1.02. The second-order valence-electron chi connectivity index (χ2n) is 9.04. The topological polar surface area (TPSA) is 241 Å². The van der Waals surface area contributed by atoms with Crippen LogP contribution in [0.25, 0.3) is 0 Å². The summed E-state index contributed by atoms with van der Waals surface area (Å²) in [5.41, 5.74) is 0. The van der Waals surface area contributed by atoms with Gasteiger partial charge in [0.15, 0.2) is 0 Å². The van der Waals surface area contributed by atoms with E-state index in [-0.39, 0.29) is 72.7 Å². The van der Waals surface area contributed by atoms with E-state index in [0.29, 0.717) is 38.5 Å². The summed E-state index contributed by atoms with van der Waals surface area (Å²) in [5, 5.41) is 59.9. The summed E-state index contributed by atoms with van der Waals surface area (Å²) in [4.78, 5) is 59.9. The average molecular weight is 670 g/mol. The Bertz CT molecular complexity index is 543. The molecular formula is C27H42Fe2O12. The Morgan fingerprint density at radius 3 is 0.439 bits per heavy atom. The van der Waals surface area contributed by atoms with Crippen molar-refractivity contribution < 1.29 is 93.5 Å². The molecule has 0 amide bonds. The van der Waals surface area contributed by atoms with Crippen molar-refractivity contribution in [2.24, 2.45) is 0 Å². The molecule has 0 rings (SSSR count). The maximum atomic E-state index is 9.98. The number of hydrogen-bond donors (Lipinski definition) is 0. The maximum absolute atomic E-state index is 9.98. The van der Waals surface area contributed by atoms with Gasteiger partial charge in [-0.1, -0.05) is 57.8 Å². The molecule has 0 saturated heterocycles. The molecular weight excluding hydrogens is 628 g/mol. The molecule has 41 heavy (non-hydrogen) atoms. The normalized spacial score (nSPS) is 9.37. The number of hydrogen-bond acceptors (Lipinski definition) is 12. The molecule has 12 nitrogen and oxygen atoms in total. The van der Waals surface area contributed by atoms with Crippen molar-refractivity contribution in [1.82, 2.24) is 0 Å². The second kappa shape index (κ2) is 37.9. The van der Waals surface area contributed by atoms with Gasteiger partial charge in [-0.2, -0.15) is 0 Å². The molecule has 0 saturated carbocycles. The van der Waals surface area contributed by atoms with E-state index in [4.69, 9.17) is 0 Å². The number of rotatable bonds is 24. The second-order valence-corrected chi connectivity index (χ2v) is 9.04. The Balaban J connectivity index is -0.000000154. The third kappa shape index (κ3) is 62.7. The van der Waals surface area contributed by atoms with Gasteiger partial charge in [0.2, 0.25) is 0 Å². The van der Waals surface area contributed by atoms with Crippen LogP contribution in [0.4, 0.5) is 0 Å². The predicted molar refractivity (Wildman–Crippen MR) is 127 cm³/mol. The molecule has 238 valence electrons. The summed E-state index contributed by atoms with van der Waals surface area (Å²) < 4.78 is 0. The number of carbonyl (C=O) groups excluding carboxylic acids is 6. The van der Waals surface area contributed by atoms with Crippen molar-refractivity contribution in [3.05, 3.63) is 0 Å². The van der Waals surface area contributed by atoms with E-state index < -0.39 is 35.8 Å². The van der Waals surface area contributed by atoms with Crippen LogP contribution < -0.4 is 30.6 Å². The van der Waals surface area contributed by atoms with E-state index in [1.165, 1.54) is 0 Å². The molecule has 2 radical (unpaired) electrons. The zero-order valence-corrected chi connectivity index (χ0v) is 25.7. The van der Waals surface area contributed by atoms with Crippen LogP contribution in [-0.2, 0) is 62.9 Å². The van der Waals surface area contributed by atoms with Crippen molar-refractivity contribution in [1.29, 1.82) is 0 Å². The third-order valence-electron chi connectivity index (χ3n) is 5.29. The van der Waals surface area contributed by atoms with Crippen LogP contribution in [0.2, 0.25) is 0 Å². The van der Waals surface area contributed by atoms with Crippen LogP contribution >= 0.6 is 0 Å². The SMILES string of the molecule is O=C([O-])CCCCCCCC(=O)[O-].O=C([O-])CCCCCCCC(=O)[O-].O=C([O-])CCCCCCCC(=O)[O-].[Fe+3].[Fe+3]. The molecule has 0 N–H and O–H groups in total. The quantitative estimate of drug-likeness (QED) is 0.0774. The number of carboxylic acids is 6. The van der Waals surface area contributed by atoms with E-state index >= 15 is 0 Å². The van der Waals surface area contributed by atoms with Crippen LogP contribution in [0.3, 0.4) is 0 Å². The Kier molecular flexibility index (Phi) is 44.9. The number of unbranched alkanes of at least 4 members (excludes halogenated alkanes) is 12. The molecule has 0 fully saturated rings. The van der Waals surface area contributed by atoms with Crippen molar-refractivity contribution in [3.63, 3.8) is 0 Å². The summed E-state index contributed by atoms with van der Waals surface area (Å²) in [6, 6.07) is 0. The number of aliphatic carboxylic acids is 6. The van der Waals surface area contributed by atoms with Crippen molar-refractivity contribution in [2.75, 3.05) is 0 Å². The molecule has 0 unspecified atom stereocenters. The summed E-state index contributed by atoms with van der Waals surface area (Å²) in [6.45, 7) is 0.